The number of carbonyl (C=O) groups is 2. The van der Waals surface area contributed by atoms with E-state index in [1.165, 1.54) is 0 Å². The molecule has 2 aliphatic carbocycles. The van der Waals surface area contributed by atoms with Gasteiger partial charge >= 0.3 is 0 Å². The maximum atomic E-state index is 12.8. The highest BCUT2D eigenvalue weighted by Gasteiger charge is 2.36. The van der Waals surface area contributed by atoms with Gasteiger partial charge in [-0.2, -0.15) is 0 Å². The summed E-state index contributed by atoms with van der Waals surface area (Å²) in [6.45, 7) is 16.4. The van der Waals surface area contributed by atoms with E-state index in [9.17, 15) is 19.8 Å². The average Bonchev–Trinajstić information content (AvgIpc) is 2.69. The van der Waals surface area contributed by atoms with Crippen molar-refractivity contribution in [2.45, 2.75) is 93.4 Å². The van der Waals surface area contributed by atoms with Gasteiger partial charge in [-0.3, -0.25) is 19.6 Å². The van der Waals surface area contributed by atoms with Gasteiger partial charge in [0.2, 0.25) is 0 Å². The van der Waals surface area contributed by atoms with E-state index in [4.69, 9.17) is 4.99 Å². The minimum atomic E-state index is -0.225. The molecule has 7 heteroatoms. The fraction of sp³-hybridized carbons (Fsp3) is 0.724. The molecule has 0 aromatic carbocycles. The number of nitrogens with one attached hydrogen (secondary N) is 1. The quantitative estimate of drug-likeness (QED) is 0.234. The summed E-state index contributed by atoms with van der Waals surface area (Å²) in [7, 11) is 0. The summed E-state index contributed by atoms with van der Waals surface area (Å²) in [5, 5.41) is 24.5. The normalized spacial score (nSPS) is 21.1. The van der Waals surface area contributed by atoms with Crippen molar-refractivity contribution in [2.24, 2.45) is 26.7 Å². The zero-order valence-corrected chi connectivity index (χ0v) is 23.5. The standard InChI is InChI=1S/C29H47N3O4/c1-8-9-20(26-22(33)15-28(4,5)16-23(26)34)31-12-10-30-11-13-32-21(14-19(2)3)27-24(35)17-29(6,7)18-25(27)36/h19,30,33,35H,8-18H2,1-7H3. The lowest BCUT2D eigenvalue weighted by Crippen LogP contribution is -2.30. The number of hydrogen-bond acceptors (Lipinski definition) is 7. The average molecular weight is 502 g/mol. The van der Waals surface area contributed by atoms with Crippen LogP contribution in [0.4, 0.5) is 0 Å². The molecule has 0 spiro atoms. The van der Waals surface area contributed by atoms with Crippen molar-refractivity contribution in [1.82, 2.24) is 5.32 Å². The molecule has 202 valence electrons. The van der Waals surface area contributed by atoms with Gasteiger partial charge in [-0.25, -0.2) is 0 Å². The zero-order chi connectivity index (χ0) is 27.1. The molecule has 7 nitrogen and oxygen atoms in total. The van der Waals surface area contributed by atoms with Crippen LogP contribution in [0.15, 0.2) is 32.6 Å². The third-order valence-electron chi connectivity index (χ3n) is 6.55. The highest BCUT2D eigenvalue weighted by Crippen LogP contribution is 2.37. The molecule has 2 rings (SSSR count). The van der Waals surface area contributed by atoms with E-state index in [-0.39, 0.29) is 33.9 Å². The van der Waals surface area contributed by atoms with Crippen LogP contribution < -0.4 is 5.32 Å². The Bertz CT molecular complexity index is 952. The molecule has 0 aliphatic heterocycles. The van der Waals surface area contributed by atoms with E-state index in [2.05, 4.69) is 24.2 Å². The van der Waals surface area contributed by atoms with E-state index in [0.717, 1.165) is 6.42 Å². The molecule has 0 bridgehead atoms. The van der Waals surface area contributed by atoms with Gasteiger partial charge in [0.15, 0.2) is 11.6 Å². The fourth-order valence-corrected chi connectivity index (χ4v) is 5.05. The number of Topliss-reactive ketones (excluding diaryl/α,β-unsaturated/α-hetero) is 2. The summed E-state index contributed by atoms with van der Waals surface area (Å²) < 4.78 is 0. The smallest absolute Gasteiger partial charge is 0.168 e. The first-order chi connectivity index (χ1) is 16.8. The SMILES string of the molecule is CCCC(=NCCNCCN=C(CC(C)C)C1=C(O)CC(C)(C)CC1=O)C1=C(O)CC(C)(C)CC1=O. The second-order valence-electron chi connectivity index (χ2n) is 12.3. The van der Waals surface area contributed by atoms with Gasteiger partial charge in [-0.05, 0) is 29.6 Å². The molecule has 0 atom stereocenters. The number of nitrogens with zero attached hydrogens (tertiary/aromatic N) is 2. The Hall–Kier alpha value is -2.28. The van der Waals surface area contributed by atoms with E-state index in [1.807, 2.05) is 34.6 Å². The van der Waals surface area contributed by atoms with E-state index >= 15 is 0 Å². The number of rotatable bonds is 12. The maximum absolute atomic E-state index is 12.8. The van der Waals surface area contributed by atoms with Gasteiger partial charge in [0.25, 0.3) is 0 Å². The van der Waals surface area contributed by atoms with Crippen LogP contribution in [0.1, 0.15) is 93.4 Å². The molecular formula is C29H47N3O4. The number of hydrogen-bond donors (Lipinski definition) is 3. The van der Waals surface area contributed by atoms with Gasteiger partial charge in [0, 0.05) is 50.2 Å². The summed E-state index contributed by atoms with van der Waals surface area (Å²) in [5.41, 5.74) is 1.81. The Morgan fingerprint density at radius 3 is 1.69 bits per heavy atom. The summed E-state index contributed by atoms with van der Waals surface area (Å²) in [6.07, 6.45) is 4.01. The third kappa shape index (κ3) is 8.68. The monoisotopic (exact) mass is 501 g/mol. The van der Waals surface area contributed by atoms with Gasteiger partial charge in [0.1, 0.15) is 11.5 Å². The van der Waals surface area contributed by atoms with Gasteiger partial charge in [-0.15, -0.1) is 0 Å². The molecule has 0 fully saturated rings. The Morgan fingerprint density at radius 2 is 1.28 bits per heavy atom. The van der Waals surface area contributed by atoms with E-state index in [0.29, 0.717) is 93.2 Å². The van der Waals surface area contributed by atoms with E-state index < -0.39 is 0 Å². The summed E-state index contributed by atoms with van der Waals surface area (Å²) in [4.78, 5) is 34.8. The Balaban J connectivity index is 1.98. The summed E-state index contributed by atoms with van der Waals surface area (Å²) >= 11 is 0. The topological polar surface area (TPSA) is 111 Å². The number of allylic oxidation sites excluding steroid dienone is 4. The van der Waals surface area contributed by atoms with Gasteiger partial charge in [-0.1, -0.05) is 54.9 Å². The van der Waals surface area contributed by atoms with Crippen LogP contribution >= 0.6 is 0 Å². The van der Waals surface area contributed by atoms with Crippen molar-refractivity contribution < 1.29 is 19.8 Å². The second kappa shape index (κ2) is 12.8. The minimum Gasteiger partial charge on any atom is -0.511 e. The maximum Gasteiger partial charge on any atom is 0.168 e. The highest BCUT2D eigenvalue weighted by atomic mass is 16.3. The summed E-state index contributed by atoms with van der Waals surface area (Å²) in [5.74, 6) is 0.618. The van der Waals surface area contributed by atoms with E-state index in [1.54, 1.807) is 0 Å². The number of carbonyl (C=O) groups excluding carboxylic acids is 2. The Morgan fingerprint density at radius 1 is 0.833 bits per heavy atom. The van der Waals surface area contributed by atoms with Crippen molar-refractivity contribution in [2.75, 3.05) is 26.2 Å². The largest absolute Gasteiger partial charge is 0.511 e. The Kier molecular flexibility index (Phi) is 10.6. The van der Waals surface area contributed by atoms with Crippen LogP contribution in [0.25, 0.3) is 0 Å². The van der Waals surface area contributed by atoms with Crippen molar-refractivity contribution in [3.63, 3.8) is 0 Å². The van der Waals surface area contributed by atoms with Crippen LogP contribution in [-0.4, -0.2) is 59.4 Å². The zero-order valence-electron chi connectivity index (χ0n) is 23.5. The van der Waals surface area contributed by atoms with Gasteiger partial charge in [0.05, 0.1) is 24.2 Å². The highest BCUT2D eigenvalue weighted by molar-refractivity contribution is 6.24. The molecule has 0 aromatic heterocycles. The predicted octanol–water partition coefficient (Wildman–Crippen LogP) is 5.71. The Labute approximate surface area is 217 Å². The molecule has 0 heterocycles. The second-order valence-corrected chi connectivity index (χ2v) is 12.3. The number of aliphatic imine (C=N–C) groups is 2. The molecule has 2 aliphatic rings. The van der Waals surface area contributed by atoms with Crippen LogP contribution in [0.3, 0.4) is 0 Å². The van der Waals surface area contributed by atoms with Gasteiger partial charge < -0.3 is 15.5 Å². The first-order valence-corrected chi connectivity index (χ1v) is 13.4. The predicted molar refractivity (Wildman–Crippen MR) is 147 cm³/mol. The lowest BCUT2D eigenvalue weighted by molar-refractivity contribution is -0.118. The van der Waals surface area contributed by atoms with Crippen molar-refractivity contribution >= 4 is 23.0 Å². The van der Waals surface area contributed by atoms with Crippen LogP contribution in [0.5, 0.6) is 0 Å². The van der Waals surface area contributed by atoms with Crippen LogP contribution in [0, 0.1) is 16.7 Å². The first-order valence-electron chi connectivity index (χ1n) is 13.4. The van der Waals surface area contributed by atoms with Crippen LogP contribution in [0.2, 0.25) is 0 Å². The molecular weight excluding hydrogens is 454 g/mol. The number of aliphatic hydroxyl groups is 2. The fourth-order valence-electron chi connectivity index (χ4n) is 5.05. The number of aliphatic hydroxyl groups excluding tert-OH is 2. The molecule has 0 saturated heterocycles. The lowest BCUT2D eigenvalue weighted by Gasteiger charge is -2.30. The molecule has 0 unspecified atom stereocenters. The lowest BCUT2D eigenvalue weighted by atomic mass is 9.75. The molecule has 36 heavy (non-hydrogen) atoms. The molecule has 0 saturated carbocycles. The number of ketones is 2. The van der Waals surface area contributed by atoms with Crippen molar-refractivity contribution in [3.05, 3.63) is 22.7 Å². The first kappa shape index (κ1) is 29.9. The minimum absolute atomic E-state index is 0.0193. The molecule has 0 aromatic rings. The third-order valence-corrected chi connectivity index (χ3v) is 6.55. The van der Waals surface area contributed by atoms with Crippen LogP contribution in [-0.2, 0) is 9.59 Å². The molecule has 0 amide bonds. The molecule has 0 radical (unpaired) electrons. The van der Waals surface area contributed by atoms with Crippen molar-refractivity contribution in [3.8, 4) is 0 Å². The summed E-state index contributed by atoms with van der Waals surface area (Å²) in [6, 6.07) is 0. The van der Waals surface area contributed by atoms with Crippen molar-refractivity contribution in [1.29, 1.82) is 0 Å². The molecule has 3 N–H and O–H groups in total.